The molecule has 6 nitrogen and oxygen atoms in total. The van der Waals surface area contributed by atoms with E-state index in [4.69, 9.17) is 11.6 Å². The predicted molar refractivity (Wildman–Crippen MR) is 132 cm³/mol. The van der Waals surface area contributed by atoms with Crippen LogP contribution in [0.1, 0.15) is 32.9 Å². The number of rotatable bonds is 7. The lowest BCUT2D eigenvalue weighted by Crippen LogP contribution is -2.17. The number of fused-ring (bicyclic) bond motifs is 1. The van der Waals surface area contributed by atoms with Gasteiger partial charge in [0.25, 0.3) is 0 Å². The molecule has 4 aromatic rings. The molecule has 1 aliphatic heterocycles. The minimum absolute atomic E-state index is 0.0887. The van der Waals surface area contributed by atoms with Crippen molar-refractivity contribution in [2.45, 2.75) is 25.6 Å². The topological polar surface area (TPSA) is 77.3 Å². The second-order valence-electron chi connectivity index (χ2n) is 8.43. The number of aliphatic imine (C=N–C) groups is 1. The molecule has 1 aliphatic rings. The smallest absolute Gasteiger partial charge is 0.404 e. The van der Waals surface area contributed by atoms with Gasteiger partial charge in [0.2, 0.25) is 0 Å². The van der Waals surface area contributed by atoms with Gasteiger partial charge in [-0.3, -0.25) is 14.8 Å². The van der Waals surface area contributed by atoms with Crippen molar-refractivity contribution in [1.29, 1.82) is 0 Å². The summed E-state index contributed by atoms with van der Waals surface area (Å²) in [5.41, 5.74) is 4.25. The molecule has 192 valence electrons. The van der Waals surface area contributed by atoms with Crippen LogP contribution in [0, 0.1) is 5.82 Å². The second-order valence-corrected chi connectivity index (χ2v) is 8.83. The Balaban J connectivity index is 1.40. The van der Waals surface area contributed by atoms with Gasteiger partial charge in [0.1, 0.15) is 29.3 Å². The number of alkyl halides is 3. The number of pyridine rings is 1. The van der Waals surface area contributed by atoms with Crippen molar-refractivity contribution in [3.8, 4) is 17.0 Å². The van der Waals surface area contributed by atoms with Gasteiger partial charge in [-0.1, -0.05) is 23.7 Å². The quantitative estimate of drug-likeness (QED) is 0.197. The SMILES string of the molecule is O=C(Cc1cc(Cc2ncccc2-c2ncnc3c2N=CC3)ccc1F)c1ccc(Cl)c(OC(F)(F)F)c1. The number of carbonyl (C=O) groups excluding carboxylic acids is 1. The summed E-state index contributed by atoms with van der Waals surface area (Å²) in [6.45, 7) is 0. The first kappa shape index (κ1) is 25.5. The molecular formula is C27H17ClF4N4O2. The Morgan fingerprint density at radius 2 is 1.89 bits per heavy atom. The summed E-state index contributed by atoms with van der Waals surface area (Å²) in [6, 6.07) is 11.3. The van der Waals surface area contributed by atoms with E-state index in [2.05, 4.69) is 24.7 Å². The number of benzene rings is 2. The molecule has 0 unspecified atom stereocenters. The third kappa shape index (κ3) is 5.55. The number of nitrogens with zero attached hydrogens (tertiary/aromatic N) is 4. The fraction of sp³-hybridized carbons (Fsp3) is 0.148. The van der Waals surface area contributed by atoms with Crippen molar-refractivity contribution in [2.75, 3.05) is 0 Å². The van der Waals surface area contributed by atoms with Crippen LogP contribution < -0.4 is 4.74 Å². The number of Topliss-reactive ketones (excluding diaryl/α,β-unsaturated/α-hetero) is 1. The number of ether oxygens (including phenoxy) is 1. The van der Waals surface area contributed by atoms with Crippen molar-refractivity contribution in [3.05, 3.63) is 100.0 Å². The summed E-state index contributed by atoms with van der Waals surface area (Å²) in [6.07, 6.45) is 0.449. The lowest BCUT2D eigenvalue weighted by molar-refractivity contribution is -0.274. The van der Waals surface area contributed by atoms with E-state index in [0.29, 0.717) is 35.5 Å². The first-order chi connectivity index (χ1) is 18.2. The highest BCUT2D eigenvalue weighted by Gasteiger charge is 2.32. The Bertz CT molecular complexity index is 1570. The molecule has 38 heavy (non-hydrogen) atoms. The largest absolute Gasteiger partial charge is 0.573 e. The van der Waals surface area contributed by atoms with Crippen molar-refractivity contribution >= 4 is 29.3 Å². The first-order valence-corrected chi connectivity index (χ1v) is 11.7. The lowest BCUT2D eigenvalue weighted by Gasteiger charge is -2.12. The van der Waals surface area contributed by atoms with Crippen LogP contribution >= 0.6 is 11.6 Å². The van der Waals surface area contributed by atoms with Gasteiger partial charge in [-0.05, 0) is 47.5 Å². The zero-order chi connectivity index (χ0) is 26.9. The highest BCUT2D eigenvalue weighted by atomic mass is 35.5. The number of ketones is 1. The summed E-state index contributed by atoms with van der Waals surface area (Å²) in [5.74, 6) is -1.92. The van der Waals surface area contributed by atoms with Gasteiger partial charge in [0, 0.05) is 42.8 Å². The third-order valence-corrected chi connectivity index (χ3v) is 6.17. The maximum absolute atomic E-state index is 14.6. The summed E-state index contributed by atoms with van der Waals surface area (Å²) in [5, 5.41) is -0.307. The monoisotopic (exact) mass is 540 g/mol. The second kappa shape index (κ2) is 10.3. The predicted octanol–water partition coefficient (Wildman–Crippen LogP) is 6.50. The van der Waals surface area contributed by atoms with Gasteiger partial charge < -0.3 is 4.74 Å². The molecule has 0 saturated heterocycles. The van der Waals surface area contributed by atoms with Crippen LogP contribution in [0.15, 0.2) is 66.0 Å². The molecular weight excluding hydrogens is 524 g/mol. The molecule has 5 rings (SSSR count). The minimum atomic E-state index is -4.98. The minimum Gasteiger partial charge on any atom is -0.404 e. The van der Waals surface area contributed by atoms with Crippen LogP contribution in [-0.2, 0) is 19.3 Å². The maximum atomic E-state index is 14.6. The molecule has 0 aliphatic carbocycles. The van der Waals surface area contributed by atoms with E-state index in [-0.39, 0.29) is 22.6 Å². The van der Waals surface area contributed by atoms with E-state index in [0.717, 1.165) is 23.4 Å². The van der Waals surface area contributed by atoms with E-state index in [1.54, 1.807) is 24.5 Å². The van der Waals surface area contributed by atoms with Crippen LogP contribution in [0.4, 0.5) is 23.2 Å². The fourth-order valence-corrected chi connectivity index (χ4v) is 4.29. The van der Waals surface area contributed by atoms with Crippen LogP contribution in [0.2, 0.25) is 5.02 Å². The molecule has 3 heterocycles. The van der Waals surface area contributed by atoms with E-state index in [1.165, 1.54) is 24.5 Å². The molecule has 0 fully saturated rings. The summed E-state index contributed by atoms with van der Waals surface area (Å²) in [4.78, 5) is 30.4. The molecule has 11 heteroatoms. The van der Waals surface area contributed by atoms with Crippen LogP contribution in [0.25, 0.3) is 11.3 Å². The molecule has 2 aromatic heterocycles. The number of carbonyl (C=O) groups is 1. The molecule has 2 aromatic carbocycles. The summed E-state index contributed by atoms with van der Waals surface area (Å²) in [7, 11) is 0. The Kier molecular flexibility index (Phi) is 6.90. The lowest BCUT2D eigenvalue weighted by atomic mass is 9.97. The number of halogens is 5. The van der Waals surface area contributed by atoms with Crippen LogP contribution in [0.5, 0.6) is 5.75 Å². The van der Waals surface area contributed by atoms with Gasteiger partial charge in [-0.2, -0.15) is 0 Å². The highest BCUT2D eigenvalue weighted by Crippen LogP contribution is 2.35. The third-order valence-electron chi connectivity index (χ3n) is 5.86. The zero-order valence-electron chi connectivity index (χ0n) is 19.5. The fourth-order valence-electron chi connectivity index (χ4n) is 4.14. The molecule has 0 spiro atoms. The number of aromatic nitrogens is 3. The summed E-state index contributed by atoms with van der Waals surface area (Å²) >= 11 is 5.76. The normalized spacial score (nSPS) is 12.4. The van der Waals surface area contributed by atoms with Gasteiger partial charge in [0.15, 0.2) is 5.78 Å². The molecule has 0 saturated carbocycles. The maximum Gasteiger partial charge on any atom is 0.573 e. The molecule has 0 radical (unpaired) electrons. The van der Waals surface area contributed by atoms with Crippen LogP contribution in [-0.4, -0.2) is 33.3 Å². The van der Waals surface area contributed by atoms with Gasteiger partial charge in [-0.15, -0.1) is 13.2 Å². The van der Waals surface area contributed by atoms with Crippen LogP contribution in [0.3, 0.4) is 0 Å². The zero-order valence-corrected chi connectivity index (χ0v) is 20.2. The van der Waals surface area contributed by atoms with Crippen molar-refractivity contribution in [3.63, 3.8) is 0 Å². The molecule has 0 atom stereocenters. The Morgan fingerprint density at radius 1 is 1.05 bits per heavy atom. The number of hydrogen-bond donors (Lipinski definition) is 0. The van der Waals surface area contributed by atoms with Crippen molar-refractivity contribution in [1.82, 2.24) is 15.0 Å². The van der Waals surface area contributed by atoms with E-state index in [9.17, 15) is 22.4 Å². The molecule has 0 amide bonds. The Labute approximate surface area is 219 Å². The molecule has 0 N–H and O–H groups in total. The highest BCUT2D eigenvalue weighted by molar-refractivity contribution is 6.32. The Morgan fingerprint density at radius 3 is 2.71 bits per heavy atom. The number of hydrogen-bond acceptors (Lipinski definition) is 6. The van der Waals surface area contributed by atoms with E-state index in [1.807, 2.05) is 6.07 Å². The van der Waals surface area contributed by atoms with Gasteiger partial charge >= 0.3 is 6.36 Å². The van der Waals surface area contributed by atoms with E-state index < -0.39 is 23.7 Å². The van der Waals surface area contributed by atoms with Crippen molar-refractivity contribution < 1.29 is 27.1 Å². The van der Waals surface area contributed by atoms with Gasteiger partial charge in [0.05, 0.1) is 16.4 Å². The van der Waals surface area contributed by atoms with Crippen molar-refractivity contribution in [2.24, 2.45) is 4.99 Å². The Hall–Kier alpha value is -4.18. The summed E-state index contributed by atoms with van der Waals surface area (Å²) < 4.78 is 56.5. The molecule has 0 bridgehead atoms. The standard InChI is InChI=1S/C27H17ClF4N4O2/c28-19-5-4-16(13-24(19)38-27(30,31)32)23(37)12-17-10-15(3-6-20(17)29)11-22-18(2-1-8-33-22)25-26-21(7-9-34-26)35-14-36-25/h1-6,8-10,13-14H,7,11-12H2. The average Bonchev–Trinajstić information content (AvgIpc) is 3.36. The van der Waals surface area contributed by atoms with E-state index >= 15 is 0 Å². The van der Waals surface area contributed by atoms with Gasteiger partial charge in [-0.25, -0.2) is 14.4 Å². The average molecular weight is 541 g/mol. The first-order valence-electron chi connectivity index (χ1n) is 11.3.